The molecule has 0 spiro atoms. The largest absolute Gasteiger partial charge is 0.417 e. The van der Waals surface area contributed by atoms with E-state index in [0.717, 1.165) is 41.9 Å². The molecule has 4 rings (SSSR count). The lowest BCUT2D eigenvalue weighted by Gasteiger charge is -2.27. The molecule has 1 aliphatic rings. The summed E-state index contributed by atoms with van der Waals surface area (Å²) in [6.07, 6.45) is 0.514. The Morgan fingerprint density at radius 2 is 1.77 bits per heavy atom. The minimum Gasteiger partial charge on any atom is -0.305 e. The first-order chi connectivity index (χ1) is 20.4. The summed E-state index contributed by atoms with van der Waals surface area (Å²) < 4.78 is 42.3. The van der Waals surface area contributed by atoms with E-state index in [1.54, 1.807) is 34.4 Å². The monoisotopic (exact) mass is 597 g/mol. The van der Waals surface area contributed by atoms with Crippen LogP contribution >= 0.6 is 0 Å². The Labute approximate surface area is 245 Å². The van der Waals surface area contributed by atoms with Gasteiger partial charge in [0.25, 0.3) is 5.91 Å². The molecular weight excluding hydrogens is 567 g/mol. The van der Waals surface area contributed by atoms with Gasteiger partial charge in [0, 0.05) is 25.1 Å². The number of carbonyl (C=O) groups excluding carboxylic acids is 3. The Hall–Kier alpha value is -4.77. The highest BCUT2D eigenvalue weighted by Crippen LogP contribution is 2.38. The van der Waals surface area contributed by atoms with Crippen molar-refractivity contribution in [2.45, 2.75) is 70.8 Å². The van der Waals surface area contributed by atoms with Gasteiger partial charge >= 0.3 is 12.2 Å². The number of aryl methyl sites for hydroxylation is 1. The van der Waals surface area contributed by atoms with Gasteiger partial charge in [-0.15, -0.1) is 5.10 Å². The maximum absolute atomic E-state index is 13.5. The zero-order chi connectivity index (χ0) is 31.4. The molecule has 2 aromatic carbocycles. The third-order valence-electron chi connectivity index (χ3n) is 7.31. The van der Waals surface area contributed by atoms with Gasteiger partial charge in [-0.2, -0.15) is 18.4 Å². The van der Waals surface area contributed by atoms with Crippen LogP contribution in [0.5, 0.6) is 0 Å². The van der Waals surface area contributed by atoms with Crippen molar-refractivity contribution in [2.75, 3.05) is 4.90 Å². The van der Waals surface area contributed by atoms with Gasteiger partial charge in [-0.05, 0) is 50.5 Å². The van der Waals surface area contributed by atoms with Crippen molar-refractivity contribution in [1.29, 1.82) is 5.26 Å². The average Bonchev–Trinajstić information content (AvgIpc) is 3.51. The molecule has 4 amide bonds. The highest BCUT2D eigenvalue weighted by Gasteiger charge is 2.52. The van der Waals surface area contributed by atoms with Crippen molar-refractivity contribution < 1.29 is 32.8 Å². The van der Waals surface area contributed by atoms with Gasteiger partial charge in [0.2, 0.25) is 5.91 Å². The zero-order valence-electron chi connectivity index (χ0n) is 23.6. The van der Waals surface area contributed by atoms with Crippen LogP contribution in [0.4, 0.5) is 23.7 Å². The number of unbranched alkanes of at least 4 members (excludes halogenated alkanes) is 3. The van der Waals surface area contributed by atoms with Gasteiger partial charge in [0.05, 0.1) is 29.1 Å². The predicted octanol–water partition coefficient (Wildman–Crippen LogP) is 5.04. The quantitative estimate of drug-likeness (QED) is 0.136. The normalized spacial score (nSPS) is 14.7. The number of halogens is 3. The molecule has 1 aromatic heterocycles. The fraction of sp³-hybridized carbons (Fsp3) is 0.379. The number of carbonyl (C=O) groups is 3. The highest BCUT2D eigenvalue weighted by atomic mass is 19.4. The minimum absolute atomic E-state index is 0.0312. The van der Waals surface area contributed by atoms with Gasteiger partial charge in [0.1, 0.15) is 11.2 Å². The number of anilines is 1. The number of benzene rings is 2. The lowest BCUT2D eigenvalue weighted by molar-refractivity contribution is -0.137. The first-order valence-electron chi connectivity index (χ1n) is 13.6. The molecule has 0 unspecified atom stereocenters. The van der Waals surface area contributed by atoms with Crippen LogP contribution in [0, 0.1) is 11.3 Å². The van der Waals surface area contributed by atoms with Gasteiger partial charge in [-0.3, -0.25) is 19.5 Å². The Kier molecular flexibility index (Phi) is 9.15. The van der Waals surface area contributed by atoms with Gasteiger partial charge in [0.15, 0.2) is 0 Å². The Morgan fingerprint density at radius 3 is 2.42 bits per heavy atom. The summed E-state index contributed by atoms with van der Waals surface area (Å²) in [6, 6.07) is 10.6. The van der Waals surface area contributed by atoms with E-state index in [1.165, 1.54) is 24.8 Å². The number of nitriles is 1. The number of hydrogen-bond donors (Lipinski definition) is 2. The molecule has 2 N–H and O–H groups in total. The van der Waals surface area contributed by atoms with E-state index in [0.29, 0.717) is 30.3 Å². The van der Waals surface area contributed by atoms with Gasteiger partial charge in [-0.1, -0.05) is 42.3 Å². The number of urea groups is 1. The second-order valence-electron chi connectivity index (χ2n) is 10.7. The van der Waals surface area contributed by atoms with E-state index < -0.39 is 40.7 Å². The Bertz CT molecular complexity index is 1540. The van der Waals surface area contributed by atoms with Crippen LogP contribution in [-0.2, 0) is 28.9 Å². The fourth-order valence-corrected chi connectivity index (χ4v) is 4.80. The number of aromatic nitrogens is 3. The third-order valence-corrected chi connectivity index (χ3v) is 7.31. The smallest absolute Gasteiger partial charge is 0.305 e. The number of amides is 4. The number of imide groups is 1. The van der Waals surface area contributed by atoms with E-state index in [2.05, 4.69) is 10.3 Å². The lowest BCUT2D eigenvalue weighted by Crippen LogP contribution is -2.43. The average molecular weight is 598 g/mol. The molecule has 0 aliphatic carbocycles. The molecule has 2 heterocycles. The molecular formula is C29H30F3N7O4. The lowest BCUT2D eigenvalue weighted by atomic mass is 10.0. The molecule has 1 fully saturated rings. The number of nitrogens with one attached hydrogen (secondary N) is 1. The number of hydroxylamine groups is 1. The number of rotatable bonds is 11. The fourth-order valence-electron chi connectivity index (χ4n) is 4.80. The van der Waals surface area contributed by atoms with E-state index in [9.17, 15) is 27.6 Å². The van der Waals surface area contributed by atoms with Crippen LogP contribution in [0.2, 0.25) is 0 Å². The predicted molar refractivity (Wildman–Crippen MR) is 147 cm³/mol. The van der Waals surface area contributed by atoms with Crippen molar-refractivity contribution in [3.8, 4) is 17.3 Å². The van der Waals surface area contributed by atoms with Crippen LogP contribution in [-0.4, -0.2) is 48.5 Å². The third kappa shape index (κ3) is 6.83. The van der Waals surface area contributed by atoms with E-state index in [1.807, 2.05) is 6.20 Å². The van der Waals surface area contributed by atoms with Crippen molar-refractivity contribution in [3.05, 3.63) is 65.4 Å². The maximum atomic E-state index is 13.5. The highest BCUT2D eigenvalue weighted by molar-refractivity contribution is 6.23. The van der Waals surface area contributed by atoms with Crippen molar-refractivity contribution in [3.63, 3.8) is 0 Å². The summed E-state index contributed by atoms with van der Waals surface area (Å²) in [6.45, 7) is 3.74. The Balaban J connectivity index is 1.41. The van der Waals surface area contributed by atoms with Gasteiger partial charge < -0.3 is 4.90 Å². The summed E-state index contributed by atoms with van der Waals surface area (Å²) in [4.78, 5) is 39.6. The van der Waals surface area contributed by atoms with Gasteiger partial charge in [-0.25, -0.2) is 15.2 Å². The SMILES string of the molecule is CC1(C)C(=O)N(c2ccc(C#N)c(C(F)(F)F)c2)C(=O)N1Cc1ccc(-c2cn(CCCCCCC(=O)NO)nn2)cc1. The summed E-state index contributed by atoms with van der Waals surface area (Å²) in [5.74, 6) is -1.08. The first-order valence-corrected chi connectivity index (χ1v) is 13.6. The second-order valence-corrected chi connectivity index (χ2v) is 10.7. The van der Waals surface area contributed by atoms with Crippen LogP contribution in [0.15, 0.2) is 48.7 Å². The topological polar surface area (TPSA) is 144 Å². The minimum atomic E-state index is -4.84. The van der Waals surface area contributed by atoms with Crippen LogP contribution in [0.25, 0.3) is 11.3 Å². The molecule has 43 heavy (non-hydrogen) atoms. The summed E-state index contributed by atoms with van der Waals surface area (Å²) in [5, 5.41) is 25.9. The van der Waals surface area contributed by atoms with E-state index in [4.69, 9.17) is 10.5 Å². The summed E-state index contributed by atoms with van der Waals surface area (Å²) >= 11 is 0. The number of alkyl halides is 3. The molecule has 226 valence electrons. The van der Waals surface area contributed by atoms with Crippen molar-refractivity contribution in [1.82, 2.24) is 25.4 Å². The molecule has 14 heteroatoms. The standard InChI is InChI=1S/C29H30F3N7O4/c1-28(2)26(41)39(22-13-12-21(16-33)23(15-22)29(30,31)32)27(42)38(28)17-19-8-10-20(11-9-19)24-18-37(36-34-24)14-6-4-3-5-7-25(40)35-43/h8-13,15,18,43H,3-7,14,17H2,1-2H3,(H,35,40). The molecule has 0 saturated carbocycles. The second kappa shape index (κ2) is 12.6. The van der Waals surface area contributed by atoms with Crippen molar-refractivity contribution in [2.24, 2.45) is 0 Å². The molecule has 1 aliphatic heterocycles. The first kappa shape index (κ1) is 31.2. The zero-order valence-corrected chi connectivity index (χ0v) is 23.6. The molecule has 1 saturated heterocycles. The van der Waals surface area contributed by atoms with Crippen LogP contribution < -0.4 is 10.4 Å². The van der Waals surface area contributed by atoms with E-state index in [-0.39, 0.29) is 18.7 Å². The number of hydrogen-bond acceptors (Lipinski definition) is 7. The summed E-state index contributed by atoms with van der Waals surface area (Å²) in [7, 11) is 0. The molecule has 0 atom stereocenters. The Morgan fingerprint density at radius 1 is 1.07 bits per heavy atom. The molecule has 0 radical (unpaired) electrons. The van der Waals surface area contributed by atoms with E-state index >= 15 is 0 Å². The molecule has 3 aromatic rings. The van der Waals surface area contributed by atoms with Crippen LogP contribution in [0.3, 0.4) is 0 Å². The molecule has 11 nitrogen and oxygen atoms in total. The van der Waals surface area contributed by atoms with Crippen molar-refractivity contribution >= 4 is 23.5 Å². The van der Waals surface area contributed by atoms with Crippen LogP contribution in [0.1, 0.15) is 62.6 Å². The molecule has 0 bridgehead atoms. The maximum Gasteiger partial charge on any atom is 0.417 e. The number of nitrogens with zero attached hydrogens (tertiary/aromatic N) is 6. The summed E-state index contributed by atoms with van der Waals surface area (Å²) in [5.41, 5.74) is 0.312.